The van der Waals surface area contributed by atoms with Crippen molar-refractivity contribution in [2.24, 2.45) is 0 Å². The van der Waals surface area contributed by atoms with Crippen LogP contribution in [0.25, 0.3) is 0 Å². The number of carbonyl (C=O) groups excluding carboxylic acids is 1. The molecule has 0 N–H and O–H groups in total. The van der Waals surface area contributed by atoms with Gasteiger partial charge in [-0.15, -0.1) is 0 Å². The van der Waals surface area contributed by atoms with Gasteiger partial charge in [-0.25, -0.2) is 4.79 Å². The third kappa shape index (κ3) is 3.09. The van der Waals surface area contributed by atoms with Gasteiger partial charge >= 0.3 is 6.16 Å². The number of unbranched alkanes of at least 4 members (excludes halogenated alkanes) is 3. The summed E-state index contributed by atoms with van der Waals surface area (Å²) in [7, 11) is 0. The number of carbonyl (C=O) groups is 1. The molecule has 1 heterocycles. The van der Waals surface area contributed by atoms with E-state index in [1.54, 1.807) is 0 Å². The quantitative estimate of drug-likeness (QED) is 0.486. The Balaban J connectivity index is 2.14. The Kier molecular flexibility index (Phi) is 3.80. The van der Waals surface area contributed by atoms with Crippen molar-refractivity contribution >= 4 is 6.16 Å². The van der Waals surface area contributed by atoms with Crippen molar-refractivity contribution in [3.05, 3.63) is 12.3 Å². The second-order valence-electron chi connectivity index (χ2n) is 3.27. The number of hydrogen-bond donors (Lipinski definition) is 0. The topological polar surface area (TPSA) is 35.5 Å². The van der Waals surface area contributed by atoms with Gasteiger partial charge in [0.05, 0.1) is 0 Å². The largest absolute Gasteiger partial charge is 0.514 e. The minimum atomic E-state index is -0.606. The van der Waals surface area contributed by atoms with Crippen molar-refractivity contribution in [3.8, 4) is 0 Å². The van der Waals surface area contributed by atoms with Gasteiger partial charge in [0.2, 0.25) is 0 Å². The van der Waals surface area contributed by atoms with Gasteiger partial charge in [0, 0.05) is 0 Å². The first kappa shape index (κ1) is 10.1. The molecular formula is C10H16O3. The molecule has 0 aromatic heterocycles. The molecule has 13 heavy (non-hydrogen) atoms. The lowest BCUT2D eigenvalue weighted by Crippen LogP contribution is -2.07. The summed E-state index contributed by atoms with van der Waals surface area (Å²) >= 11 is 0. The van der Waals surface area contributed by atoms with Gasteiger partial charge in [0.25, 0.3) is 0 Å². The lowest BCUT2D eigenvalue weighted by Gasteiger charge is -2.05. The summed E-state index contributed by atoms with van der Waals surface area (Å²) in [6.45, 7) is 5.78. The van der Waals surface area contributed by atoms with Crippen LogP contribution in [-0.2, 0) is 9.47 Å². The lowest BCUT2D eigenvalue weighted by atomic mass is 10.1. The van der Waals surface area contributed by atoms with Gasteiger partial charge in [0.1, 0.15) is 5.76 Å². The maximum atomic E-state index is 10.6. The predicted octanol–water partition coefficient (Wildman–Crippen LogP) is 3.01. The monoisotopic (exact) mass is 184 g/mol. The molecule has 0 radical (unpaired) electrons. The van der Waals surface area contributed by atoms with Crippen LogP contribution in [0.3, 0.4) is 0 Å². The normalized spacial score (nSPS) is 21.5. The van der Waals surface area contributed by atoms with E-state index in [1.807, 2.05) is 0 Å². The van der Waals surface area contributed by atoms with E-state index in [0.717, 1.165) is 12.8 Å². The van der Waals surface area contributed by atoms with E-state index in [-0.39, 0.29) is 6.10 Å². The van der Waals surface area contributed by atoms with E-state index in [4.69, 9.17) is 4.74 Å². The van der Waals surface area contributed by atoms with Crippen LogP contribution in [0.4, 0.5) is 4.79 Å². The smallest absolute Gasteiger partial charge is 0.422 e. The van der Waals surface area contributed by atoms with Gasteiger partial charge < -0.3 is 9.47 Å². The molecule has 0 amide bonds. The minimum Gasteiger partial charge on any atom is -0.422 e. The van der Waals surface area contributed by atoms with Gasteiger partial charge in [-0.05, 0) is 12.8 Å². The summed E-state index contributed by atoms with van der Waals surface area (Å²) < 4.78 is 9.57. The molecule has 3 heteroatoms. The molecule has 0 saturated carbocycles. The second-order valence-corrected chi connectivity index (χ2v) is 3.27. The van der Waals surface area contributed by atoms with Crippen molar-refractivity contribution in [2.45, 2.75) is 45.1 Å². The zero-order valence-electron chi connectivity index (χ0n) is 8.04. The summed E-state index contributed by atoms with van der Waals surface area (Å²) in [6, 6.07) is 0. The molecule has 3 nitrogen and oxygen atoms in total. The number of ether oxygens (including phenoxy) is 2. The van der Waals surface area contributed by atoms with Crippen molar-refractivity contribution < 1.29 is 14.3 Å². The summed E-state index contributed by atoms with van der Waals surface area (Å²) in [5.41, 5.74) is 0. The fourth-order valence-electron chi connectivity index (χ4n) is 1.36. The molecule has 1 rings (SSSR count). The van der Waals surface area contributed by atoms with Crippen molar-refractivity contribution in [1.29, 1.82) is 0 Å². The Morgan fingerprint density at radius 3 is 2.69 bits per heavy atom. The van der Waals surface area contributed by atoms with E-state index < -0.39 is 6.16 Å². The first-order valence-electron chi connectivity index (χ1n) is 4.81. The van der Waals surface area contributed by atoms with Crippen LogP contribution in [-0.4, -0.2) is 12.3 Å². The fourth-order valence-corrected chi connectivity index (χ4v) is 1.36. The summed E-state index contributed by atoms with van der Waals surface area (Å²) in [4.78, 5) is 10.6. The molecule has 74 valence electrons. The van der Waals surface area contributed by atoms with Crippen molar-refractivity contribution in [3.63, 3.8) is 0 Å². The summed E-state index contributed by atoms with van der Waals surface area (Å²) in [5, 5.41) is 0. The average Bonchev–Trinajstić information content (AvgIpc) is 2.39. The van der Waals surface area contributed by atoms with Gasteiger partial charge in [-0.1, -0.05) is 32.8 Å². The predicted molar refractivity (Wildman–Crippen MR) is 49.3 cm³/mol. The van der Waals surface area contributed by atoms with Crippen molar-refractivity contribution in [2.75, 3.05) is 0 Å². The van der Waals surface area contributed by atoms with Crippen molar-refractivity contribution in [1.82, 2.24) is 0 Å². The molecule has 0 spiro atoms. The maximum Gasteiger partial charge on any atom is 0.514 e. The third-order valence-electron chi connectivity index (χ3n) is 2.13. The Bertz CT molecular complexity index is 198. The first-order chi connectivity index (χ1) is 6.24. The molecule has 0 aliphatic carbocycles. The van der Waals surface area contributed by atoms with E-state index in [0.29, 0.717) is 5.76 Å². The highest BCUT2D eigenvalue weighted by molar-refractivity contribution is 5.64. The van der Waals surface area contributed by atoms with Gasteiger partial charge in [0.15, 0.2) is 6.10 Å². The van der Waals surface area contributed by atoms with Crippen LogP contribution in [0.15, 0.2) is 12.3 Å². The van der Waals surface area contributed by atoms with Crippen LogP contribution in [0, 0.1) is 0 Å². The fraction of sp³-hybridized carbons (Fsp3) is 0.700. The highest BCUT2D eigenvalue weighted by Gasteiger charge is 2.28. The lowest BCUT2D eigenvalue weighted by molar-refractivity contribution is 0.115. The Labute approximate surface area is 78.7 Å². The molecule has 1 aliphatic rings. The van der Waals surface area contributed by atoms with Crippen LogP contribution in [0.2, 0.25) is 0 Å². The zero-order valence-corrected chi connectivity index (χ0v) is 8.04. The minimum absolute atomic E-state index is 0.204. The Hall–Kier alpha value is -0.990. The van der Waals surface area contributed by atoms with Crippen LogP contribution < -0.4 is 0 Å². The SMILES string of the molecule is C=C1OC(=O)OC1CCCCCC. The standard InChI is InChI=1S/C10H16O3/c1-3-4-5-6-7-9-8(2)12-10(11)13-9/h9H,2-7H2,1H3. The molecule has 0 aromatic rings. The van der Waals surface area contributed by atoms with Crippen LogP contribution >= 0.6 is 0 Å². The van der Waals surface area contributed by atoms with Gasteiger partial charge in [-0.3, -0.25) is 0 Å². The van der Waals surface area contributed by atoms with Crippen LogP contribution in [0.5, 0.6) is 0 Å². The highest BCUT2D eigenvalue weighted by Crippen LogP contribution is 2.22. The molecular weight excluding hydrogens is 168 g/mol. The third-order valence-corrected chi connectivity index (χ3v) is 2.13. The summed E-state index contributed by atoms with van der Waals surface area (Å²) in [6.07, 6.45) is 4.71. The molecule has 1 unspecified atom stereocenters. The molecule has 1 saturated heterocycles. The Morgan fingerprint density at radius 1 is 1.38 bits per heavy atom. The summed E-state index contributed by atoms with van der Waals surface area (Å²) in [5.74, 6) is 0.460. The molecule has 1 fully saturated rings. The number of hydrogen-bond acceptors (Lipinski definition) is 3. The zero-order chi connectivity index (χ0) is 9.68. The Morgan fingerprint density at radius 2 is 2.15 bits per heavy atom. The molecule has 0 bridgehead atoms. The maximum absolute atomic E-state index is 10.6. The van der Waals surface area contributed by atoms with E-state index in [1.165, 1.54) is 19.3 Å². The molecule has 0 aromatic carbocycles. The average molecular weight is 184 g/mol. The first-order valence-corrected chi connectivity index (χ1v) is 4.81. The highest BCUT2D eigenvalue weighted by atomic mass is 16.8. The number of cyclic esters (lactones) is 2. The van der Waals surface area contributed by atoms with Crippen LogP contribution in [0.1, 0.15) is 39.0 Å². The van der Waals surface area contributed by atoms with E-state index in [9.17, 15) is 4.79 Å². The van der Waals surface area contributed by atoms with Gasteiger partial charge in [-0.2, -0.15) is 0 Å². The molecule has 1 aliphatic heterocycles. The second kappa shape index (κ2) is 4.90. The van der Waals surface area contributed by atoms with E-state index >= 15 is 0 Å². The molecule has 1 atom stereocenters. The number of rotatable bonds is 5. The van der Waals surface area contributed by atoms with E-state index in [2.05, 4.69) is 18.2 Å².